The van der Waals surface area contributed by atoms with Crippen molar-refractivity contribution < 1.29 is 9.53 Å². The Bertz CT molecular complexity index is 1590. The molecule has 1 fully saturated rings. The molecule has 0 spiro atoms. The topological polar surface area (TPSA) is 82.3 Å². The fraction of sp³-hybridized carbons (Fsp3) is 0.226. The predicted molar refractivity (Wildman–Crippen MR) is 168 cm³/mol. The zero-order valence-corrected chi connectivity index (χ0v) is 25.2. The fourth-order valence-electron chi connectivity index (χ4n) is 5.63. The molecule has 7 nitrogen and oxygen atoms in total. The zero-order valence-electron chi connectivity index (χ0n) is 22.1. The molecule has 1 aliphatic rings. The molecule has 0 N–H and O–H groups in total. The molecule has 0 bridgehead atoms. The van der Waals surface area contributed by atoms with E-state index in [0.717, 1.165) is 56.3 Å². The molecule has 1 aliphatic carbocycles. The van der Waals surface area contributed by atoms with Gasteiger partial charge in [0.2, 0.25) is 0 Å². The molecule has 0 saturated heterocycles. The van der Waals surface area contributed by atoms with Gasteiger partial charge >= 0.3 is 5.97 Å². The summed E-state index contributed by atoms with van der Waals surface area (Å²) in [5.74, 6) is 0.398. The van der Waals surface area contributed by atoms with Gasteiger partial charge in [-0.3, -0.25) is 4.79 Å². The number of aromatic nitrogens is 4. The number of carbonyl (C=O) groups excluding carboxylic acids is 1. The molecular weight excluding hydrogens is 632 g/mol. The number of ether oxygens (including phenoxy) is 1. The van der Waals surface area contributed by atoms with E-state index in [2.05, 4.69) is 95.4 Å². The third-order valence-corrected chi connectivity index (χ3v) is 11.7. The average molecular weight is 661 g/mol. The van der Waals surface area contributed by atoms with Crippen molar-refractivity contribution in [3.63, 3.8) is 0 Å². The summed E-state index contributed by atoms with van der Waals surface area (Å²) in [6.45, 7) is 1.47. The number of halogens is 1. The van der Waals surface area contributed by atoms with E-state index in [4.69, 9.17) is 24.5 Å². The molecule has 2 atom stereocenters. The summed E-state index contributed by atoms with van der Waals surface area (Å²) < 4.78 is 14.0. The third kappa shape index (κ3) is 5.10. The Morgan fingerprint density at radius 1 is 0.900 bits per heavy atom. The highest BCUT2D eigenvalue weighted by atomic mass is 127. The molecule has 202 valence electrons. The van der Waals surface area contributed by atoms with Gasteiger partial charge in [0.15, 0.2) is 11.5 Å². The van der Waals surface area contributed by atoms with E-state index < -0.39 is 7.05 Å². The lowest BCUT2D eigenvalue weighted by Crippen LogP contribution is -2.27. The molecule has 2 heterocycles. The van der Waals surface area contributed by atoms with Crippen molar-refractivity contribution in [2.24, 2.45) is 4.74 Å². The number of rotatable bonds is 6. The van der Waals surface area contributed by atoms with E-state index >= 15 is 0 Å². The summed E-state index contributed by atoms with van der Waals surface area (Å²) in [5.41, 5.74) is 0.763. The van der Waals surface area contributed by atoms with Crippen molar-refractivity contribution in [1.29, 1.82) is 0 Å². The van der Waals surface area contributed by atoms with Crippen LogP contribution < -0.4 is 15.9 Å². The smallest absolute Gasteiger partial charge is 0.302 e. The SMILES string of the molecule is CC(=O)O[C@@H]1CCC[C@@H](n2nc(I)c3c(N=P(c4ccccc4)(c4ccccc4)c4ccccc4)ncnc32)C1. The van der Waals surface area contributed by atoms with Crippen LogP contribution in [0.1, 0.15) is 38.6 Å². The van der Waals surface area contributed by atoms with E-state index in [1.165, 1.54) is 6.92 Å². The minimum atomic E-state index is -2.51. The van der Waals surface area contributed by atoms with Gasteiger partial charge in [0, 0.05) is 29.3 Å². The summed E-state index contributed by atoms with van der Waals surface area (Å²) in [6.07, 6.45) is 5.01. The maximum Gasteiger partial charge on any atom is 0.302 e. The summed E-state index contributed by atoms with van der Waals surface area (Å²) in [7, 11) is -2.51. The molecule has 5 aromatic rings. The van der Waals surface area contributed by atoms with Crippen LogP contribution in [-0.4, -0.2) is 31.8 Å². The lowest BCUT2D eigenvalue weighted by Gasteiger charge is -2.29. The number of hydrogen-bond acceptors (Lipinski definition) is 6. The largest absolute Gasteiger partial charge is 0.462 e. The molecular formula is C31H29IN5O2P. The Balaban J connectivity index is 1.59. The first kappa shape index (κ1) is 26.8. The van der Waals surface area contributed by atoms with Crippen molar-refractivity contribution >= 4 is 68.4 Å². The van der Waals surface area contributed by atoms with Crippen LogP contribution in [0.4, 0.5) is 5.82 Å². The highest BCUT2D eigenvalue weighted by Gasteiger charge is 2.31. The van der Waals surface area contributed by atoms with Crippen LogP contribution in [0.5, 0.6) is 0 Å². The normalized spacial score (nSPS) is 17.4. The van der Waals surface area contributed by atoms with Gasteiger partial charge in [0.25, 0.3) is 0 Å². The number of benzene rings is 3. The van der Waals surface area contributed by atoms with Crippen LogP contribution in [0.3, 0.4) is 0 Å². The molecule has 0 aliphatic heterocycles. The van der Waals surface area contributed by atoms with E-state index in [-0.39, 0.29) is 18.1 Å². The van der Waals surface area contributed by atoms with Crippen LogP contribution in [-0.2, 0) is 9.53 Å². The summed E-state index contributed by atoms with van der Waals surface area (Å²) in [6, 6.07) is 31.7. The standard InChI is InChI=1S/C31H29IN5O2P/c1-22(38)39-24-13-11-12-23(20-24)37-31-28(29(32)35-37)30(33-21-34-31)36-40(25-14-5-2-6-15-25,26-16-7-3-8-17-26)27-18-9-4-10-19-27/h2-10,14-19,21,23-24H,11-13,20H2,1H3/t23-,24-/m1/s1. The predicted octanol–water partition coefficient (Wildman–Crippen LogP) is 6.29. The molecule has 3 aromatic carbocycles. The minimum Gasteiger partial charge on any atom is -0.462 e. The van der Waals surface area contributed by atoms with Crippen LogP contribution >= 0.6 is 29.6 Å². The lowest BCUT2D eigenvalue weighted by molar-refractivity contribution is -0.148. The zero-order chi connectivity index (χ0) is 27.5. The summed E-state index contributed by atoms with van der Waals surface area (Å²) >= 11 is 2.28. The monoisotopic (exact) mass is 661 g/mol. The molecule has 6 rings (SSSR count). The second kappa shape index (κ2) is 11.6. The fourth-order valence-corrected chi connectivity index (χ4v) is 9.83. The van der Waals surface area contributed by atoms with Crippen molar-refractivity contribution in [3.05, 3.63) is 101 Å². The number of fused-ring (bicyclic) bond motifs is 1. The third-order valence-electron chi connectivity index (χ3n) is 7.34. The van der Waals surface area contributed by atoms with Gasteiger partial charge in [0.05, 0.1) is 18.5 Å². The van der Waals surface area contributed by atoms with Crippen LogP contribution in [0.25, 0.3) is 11.0 Å². The second-order valence-electron chi connectivity index (χ2n) is 9.93. The van der Waals surface area contributed by atoms with Gasteiger partial charge in [0.1, 0.15) is 16.1 Å². The quantitative estimate of drug-likeness (QED) is 0.122. The highest BCUT2D eigenvalue weighted by molar-refractivity contribution is 14.1. The minimum absolute atomic E-state index is 0.0868. The van der Waals surface area contributed by atoms with Crippen molar-refractivity contribution in [1.82, 2.24) is 19.7 Å². The van der Waals surface area contributed by atoms with Crippen LogP contribution in [0.15, 0.2) is 102 Å². The second-order valence-corrected chi connectivity index (χ2v) is 14.0. The Morgan fingerprint density at radius 2 is 1.48 bits per heavy atom. The first-order valence-electron chi connectivity index (χ1n) is 13.4. The molecule has 9 heteroatoms. The highest BCUT2D eigenvalue weighted by Crippen LogP contribution is 2.50. The number of hydrogen-bond donors (Lipinski definition) is 0. The van der Waals surface area contributed by atoms with E-state index in [1.54, 1.807) is 6.33 Å². The lowest BCUT2D eigenvalue weighted by atomic mass is 9.93. The van der Waals surface area contributed by atoms with Gasteiger partial charge in [-0.05, 0) is 41.9 Å². The average Bonchev–Trinajstić information content (AvgIpc) is 3.34. The molecule has 40 heavy (non-hydrogen) atoms. The Morgan fingerprint density at radius 3 is 2.02 bits per heavy atom. The van der Waals surface area contributed by atoms with Gasteiger partial charge in [-0.2, -0.15) is 5.10 Å². The first-order valence-corrected chi connectivity index (χ1v) is 16.2. The number of nitrogens with zero attached hydrogens (tertiary/aromatic N) is 5. The van der Waals surface area contributed by atoms with Crippen LogP contribution in [0, 0.1) is 3.70 Å². The molecule has 0 amide bonds. The Hall–Kier alpha value is -3.36. The van der Waals surface area contributed by atoms with Crippen LogP contribution in [0.2, 0.25) is 0 Å². The number of carbonyl (C=O) groups is 1. The Kier molecular flexibility index (Phi) is 7.80. The van der Waals surface area contributed by atoms with Crippen molar-refractivity contribution in [3.8, 4) is 0 Å². The molecule has 1 saturated carbocycles. The maximum atomic E-state index is 11.6. The molecule has 0 unspecified atom stereocenters. The molecule has 0 radical (unpaired) electrons. The van der Waals surface area contributed by atoms with Crippen molar-refractivity contribution in [2.45, 2.75) is 44.8 Å². The summed E-state index contributed by atoms with van der Waals surface area (Å²) in [4.78, 5) is 21.1. The first-order chi connectivity index (χ1) is 19.6. The van der Waals surface area contributed by atoms with E-state index in [1.807, 2.05) is 22.9 Å². The maximum absolute atomic E-state index is 11.6. The van der Waals surface area contributed by atoms with Gasteiger partial charge < -0.3 is 4.74 Å². The van der Waals surface area contributed by atoms with Gasteiger partial charge in [-0.1, -0.05) is 91.0 Å². The summed E-state index contributed by atoms with van der Waals surface area (Å²) in [5, 5.41) is 9.25. The number of esters is 1. The molecule has 2 aromatic heterocycles. The van der Waals surface area contributed by atoms with Crippen molar-refractivity contribution in [2.75, 3.05) is 0 Å². The Labute approximate surface area is 247 Å². The van der Waals surface area contributed by atoms with Gasteiger partial charge in [-0.15, -0.1) is 0 Å². The van der Waals surface area contributed by atoms with E-state index in [0.29, 0.717) is 5.82 Å². The van der Waals surface area contributed by atoms with Gasteiger partial charge in [-0.25, -0.2) is 19.4 Å². The van der Waals surface area contributed by atoms with E-state index in [9.17, 15) is 4.79 Å².